The summed E-state index contributed by atoms with van der Waals surface area (Å²) < 4.78 is 0.808. The Morgan fingerprint density at radius 1 is 1.64 bits per heavy atom. The van der Waals surface area contributed by atoms with E-state index < -0.39 is 0 Å². The van der Waals surface area contributed by atoms with Crippen molar-refractivity contribution in [2.75, 3.05) is 24.3 Å². The maximum Gasteiger partial charge on any atom is 0.224 e. The third-order valence-corrected chi connectivity index (χ3v) is 2.21. The number of aromatic nitrogens is 2. The van der Waals surface area contributed by atoms with E-state index >= 15 is 0 Å². The van der Waals surface area contributed by atoms with E-state index in [4.69, 9.17) is 5.11 Å². The van der Waals surface area contributed by atoms with E-state index in [1.54, 1.807) is 13.2 Å². The van der Waals surface area contributed by atoms with Crippen molar-refractivity contribution in [2.45, 2.75) is 13.0 Å². The molecule has 0 unspecified atom stereocenters. The fourth-order valence-corrected chi connectivity index (χ4v) is 1.27. The summed E-state index contributed by atoms with van der Waals surface area (Å²) in [6.07, 6.45) is 1.66. The van der Waals surface area contributed by atoms with Crippen LogP contribution in [0.15, 0.2) is 10.7 Å². The molecule has 0 aliphatic rings. The highest BCUT2D eigenvalue weighted by molar-refractivity contribution is 9.10. The number of anilines is 2. The highest BCUT2D eigenvalue weighted by Crippen LogP contribution is 2.19. The molecule has 0 amide bonds. The van der Waals surface area contributed by atoms with Crippen molar-refractivity contribution in [2.24, 2.45) is 0 Å². The Balaban J connectivity index is 2.79. The normalized spacial score (nSPS) is 12.3. The van der Waals surface area contributed by atoms with E-state index in [1.165, 1.54) is 0 Å². The lowest BCUT2D eigenvalue weighted by Crippen LogP contribution is -2.21. The molecule has 3 N–H and O–H groups in total. The summed E-state index contributed by atoms with van der Waals surface area (Å²) >= 11 is 3.31. The fraction of sp³-hybridized carbons (Fsp3) is 0.500. The Hall–Kier alpha value is -0.880. The second kappa shape index (κ2) is 5.11. The molecule has 1 atom stereocenters. The zero-order valence-electron chi connectivity index (χ0n) is 8.08. The highest BCUT2D eigenvalue weighted by Gasteiger charge is 2.05. The number of nitrogens with zero attached hydrogens (tertiary/aromatic N) is 2. The number of hydrogen-bond donors (Lipinski definition) is 3. The molecule has 5 nitrogen and oxygen atoms in total. The predicted octanol–water partition coefficient (Wildman–Crippen LogP) is 1.07. The zero-order valence-corrected chi connectivity index (χ0v) is 9.67. The lowest BCUT2D eigenvalue weighted by atomic mass is 10.4. The average Bonchev–Trinajstić information content (AvgIpc) is 2.20. The average molecular weight is 261 g/mol. The van der Waals surface area contributed by atoms with Crippen LogP contribution in [0, 0.1) is 0 Å². The van der Waals surface area contributed by atoms with E-state index in [0.717, 1.165) is 4.47 Å². The Bertz CT molecular complexity index is 307. The van der Waals surface area contributed by atoms with E-state index in [2.05, 4.69) is 36.5 Å². The first kappa shape index (κ1) is 11.2. The van der Waals surface area contributed by atoms with Gasteiger partial charge in [-0.1, -0.05) is 0 Å². The van der Waals surface area contributed by atoms with Crippen LogP contribution in [0.3, 0.4) is 0 Å². The summed E-state index contributed by atoms with van der Waals surface area (Å²) in [6, 6.07) is -0.0547. The highest BCUT2D eigenvalue weighted by atomic mass is 79.9. The molecule has 78 valence electrons. The van der Waals surface area contributed by atoms with Crippen LogP contribution in [0.2, 0.25) is 0 Å². The Morgan fingerprint density at radius 3 is 2.93 bits per heavy atom. The molecule has 0 aliphatic heterocycles. The molecule has 1 heterocycles. The number of nitrogens with one attached hydrogen (secondary N) is 2. The first-order valence-electron chi connectivity index (χ1n) is 4.25. The van der Waals surface area contributed by atoms with Crippen LogP contribution in [0.1, 0.15) is 6.92 Å². The van der Waals surface area contributed by atoms with Gasteiger partial charge in [0.05, 0.1) is 11.1 Å². The molecule has 1 rings (SSSR count). The summed E-state index contributed by atoms with van der Waals surface area (Å²) in [7, 11) is 1.78. The van der Waals surface area contributed by atoms with Gasteiger partial charge < -0.3 is 15.7 Å². The van der Waals surface area contributed by atoms with Crippen molar-refractivity contribution < 1.29 is 5.11 Å². The van der Waals surface area contributed by atoms with E-state index in [1.807, 2.05) is 6.92 Å². The third-order valence-electron chi connectivity index (χ3n) is 1.63. The Morgan fingerprint density at radius 2 is 2.36 bits per heavy atom. The predicted molar refractivity (Wildman–Crippen MR) is 59.4 cm³/mol. The quantitative estimate of drug-likeness (QED) is 0.756. The molecule has 0 saturated carbocycles. The van der Waals surface area contributed by atoms with E-state index in [-0.39, 0.29) is 12.6 Å². The smallest absolute Gasteiger partial charge is 0.224 e. The standard InChI is InChI=1S/C8H13BrN4O/c1-5(4-14)12-8-11-3-6(9)7(10-2)13-8/h3,5,14H,4H2,1-2H3,(H2,10,11,12,13)/t5-/m0/s1. The molecule has 0 bridgehead atoms. The van der Waals surface area contributed by atoms with Crippen molar-refractivity contribution in [3.8, 4) is 0 Å². The number of hydrogen-bond acceptors (Lipinski definition) is 5. The SMILES string of the molecule is CNc1nc(N[C@@H](C)CO)ncc1Br. The topological polar surface area (TPSA) is 70.1 Å². The molecule has 0 fully saturated rings. The van der Waals surface area contributed by atoms with Gasteiger partial charge in [0.25, 0.3) is 0 Å². The molecular weight excluding hydrogens is 248 g/mol. The van der Waals surface area contributed by atoms with Gasteiger partial charge in [0.2, 0.25) is 5.95 Å². The van der Waals surface area contributed by atoms with Crippen molar-refractivity contribution in [1.82, 2.24) is 9.97 Å². The van der Waals surface area contributed by atoms with Gasteiger partial charge in [-0.05, 0) is 22.9 Å². The Kier molecular flexibility index (Phi) is 4.09. The maximum absolute atomic E-state index is 8.83. The van der Waals surface area contributed by atoms with Gasteiger partial charge in [0.1, 0.15) is 5.82 Å². The molecular formula is C8H13BrN4O. The van der Waals surface area contributed by atoms with Crippen molar-refractivity contribution >= 4 is 27.7 Å². The van der Waals surface area contributed by atoms with Gasteiger partial charge in [0.15, 0.2) is 0 Å². The van der Waals surface area contributed by atoms with Crippen LogP contribution in [0.5, 0.6) is 0 Å². The van der Waals surface area contributed by atoms with Crippen LogP contribution in [0.25, 0.3) is 0 Å². The minimum Gasteiger partial charge on any atom is -0.394 e. The van der Waals surface area contributed by atoms with Crippen molar-refractivity contribution in [3.05, 3.63) is 10.7 Å². The number of aliphatic hydroxyl groups excluding tert-OH is 1. The molecule has 14 heavy (non-hydrogen) atoms. The first-order valence-corrected chi connectivity index (χ1v) is 5.04. The minimum atomic E-state index is -0.0547. The minimum absolute atomic E-state index is 0.0499. The van der Waals surface area contributed by atoms with Crippen LogP contribution in [-0.2, 0) is 0 Å². The van der Waals surface area contributed by atoms with Gasteiger partial charge in [-0.25, -0.2) is 4.98 Å². The second-order valence-corrected chi connectivity index (χ2v) is 3.72. The van der Waals surface area contributed by atoms with Crippen LogP contribution >= 0.6 is 15.9 Å². The first-order chi connectivity index (χ1) is 6.67. The molecule has 0 saturated heterocycles. The summed E-state index contributed by atoms with van der Waals surface area (Å²) in [4.78, 5) is 8.24. The molecule has 0 radical (unpaired) electrons. The lowest BCUT2D eigenvalue weighted by Gasteiger charge is -2.11. The summed E-state index contributed by atoms with van der Waals surface area (Å²) in [5.74, 6) is 1.21. The summed E-state index contributed by atoms with van der Waals surface area (Å²) in [5.41, 5.74) is 0. The van der Waals surface area contributed by atoms with Gasteiger partial charge in [-0.15, -0.1) is 0 Å². The molecule has 1 aromatic rings. The van der Waals surface area contributed by atoms with Gasteiger partial charge >= 0.3 is 0 Å². The monoisotopic (exact) mass is 260 g/mol. The van der Waals surface area contributed by atoms with Gasteiger partial charge in [-0.2, -0.15) is 4.98 Å². The molecule has 6 heteroatoms. The number of rotatable bonds is 4. The lowest BCUT2D eigenvalue weighted by molar-refractivity contribution is 0.281. The van der Waals surface area contributed by atoms with Gasteiger partial charge in [-0.3, -0.25) is 0 Å². The molecule has 0 aliphatic carbocycles. The fourth-order valence-electron chi connectivity index (χ4n) is 0.878. The van der Waals surface area contributed by atoms with E-state index in [9.17, 15) is 0 Å². The number of halogens is 1. The zero-order chi connectivity index (χ0) is 10.6. The Labute approximate surface area is 91.1 Å². The van der Waals surface area contributed by atoms with Crippen LogP contribution in [-0.4, -0.2) is 34.8 Å². The van der Waals surface area contributed by atoms with Crippen molar-refractivity contribution in [3.63, 3.8) is 0 Å². The third kappa shape index (κ3) is 2.81. The molecule has 0 aromatic carbocycles. The largest absolute Gasteiger partial charge is 0.394 e. The van der Waals surface area contributed by atoms with Crippen molar-refractivity contribution in [1.29, 1.82) is 0 Å². The summed E-state index contributed by atoms with van der Waals surface area (Å²) in [5, 5.41) is 14.7. The molecule has 1 aromatic heterocycles. The summed E-state index contributed by atoms with van der Waals surface area (Å²) in [6.45, 7) is 1.90. The van der Waals surface area contributed by atoms with E-state index in [0.29, 0.717) is 11.8 Å². The maximum atomic E-state index is 8.83. The van der Waals surface area contributed by atoms with Crippen LogP contribution < -0.4 is 10.6 Å². The molecule has 0 spiro atoms. The van der Waals surface area contributed by atoms with Gasteiger partial charge in [0, 0.05) is 19.3 Å². The second-order valence-electron chi connectivity index (χ2n) is 2.87. The number of aliphatic hydroxyl groups is 1. The van der Waals surface area contributed by atoms with Crippen LogP contribution in [0.4, 0.5) is 11.8 Å².